The SMILES string of the molecule is CCc1ccccc1-c1nnc(CN)n1C1CC1. The molecule has 18 heavy (non-hydrogen) atoms. The molecule has 0 amide bonds. The van der Waals surface area contributed by atoms with E-state index in [9.17, 15) is 0 Å². The van der Waals surface area contributed by atoms with Gasteiger partial charge in [0.05, 0.1) is 6.54 Å². The first-order chi connectivity index (χ1) is 8.85. The van der Waals surface area contributed by atoms with Crippen molar-refractivity contribution in [2.45, 2.75) is 38.8 Å². The van der Waals surface area contributed by atoms with Gasteiger partial charge in [-0.05, 0) is 24.8 Å². The topological polar surface area (TPSA) is 56.7 Å². The molecule has 1 aliphatic carbocycles. The van der Waals surface area contributed by atoms with Gasteiger partial charge >= 0.3 is 0 Å². The van der Waals surface area contributed by atoms with Crippen molar-refractivity contribution < 1.29 is 0 Å². The molecule has 0 spiro atoms. The summed E-state index contributed by atoms with van der Waals surface area (Å²) in [6, 6.07) is 8.97. The van der Waals surface area contributed by atoms with E-state index in [1.165, 1.54) is 24.0 Å². The second-order valence-corrected chi connectivity index (χ2v) is 4.76. The van der Waals surface area contributed by atoms with Crippen LogP contribution in [0.15, 0.2) is 24.3 Å². The van der Waals surface area contributed by atoms with E-state index in [0.29, 0.717) is 12.6 Å². The predicted octanol–water partition coefficient (Wildman–Crippen LogP) is 2.30. The second-order valence-electron chi connectivity index (χ2n) is 4.76. The van der Waals surface area contributed by atoms with E-state index >= 15 is 0 Å². The number of aromatic nitrogens is 3. The van der Waals surface area contributed by atoms with Crippen LogP contribution in [0.2, 0.25) is 0 Å². The van der Waals surface area contributed by atoms with Crippen LogP contribution in [-0.2, 0) is 13.0 Å². The monoisotopic (exact) mass is 242 g/mol. The Labute approximate surface area is 107 Å². The molecular weight excluding hydrogens is 224 g/mol. The van der Waals surface area contributed by atoms with Crippen LogP contribution in [0.4, 0.5) is 0 Å². The van der Waals surface area contributed by atoms with E-state index in [4.69, 9.17) is 5.73 Å². The summed E-state index contributed by atoms with van der Waals surface area (Å²) in [4.78, 5) is 0. The molecule has 1 aliphatic rings. The third kappa shape index (κ3) is 1.82. The maximum absolute atomic E-state index is 5.75. The van der Waals surface area contributed by atoms with Gasteiger partial charge in [0, 0.05) is 11.6 Å². The molecule has 3 rings (SSSR count). The van der Waals surface area contributed by atoms with Gasteiger partial charge in [0.1, 0.15) is 5.82 Å². The van der Waals surface area contributed by atoms with Crippen LogP contribution in [-0.4, -0.2) is 14.8 Å². The molecular formula is C14H18N4. The third-order valence-corrected chi connectivity index (χ3v) is 3.50. The Morgan fingerprint density at radius 3 is 2.72 bits per heavy atom. The fourth-order valence-electron chi connectivity index (χ4n) is 2.41. The maximum atomic E-state index is 5.75. The molecule has 4 nitrogen and oxygen atoms in total. The molecule has 0 atom stereocenters. The van der Waals surface area contributed by atoms with Crippen molar-refractivity contribution in [2.75, 3.05) is 0 Å². The molecule has 1 aromatic heterocycles. The summed E-state index contributed by atoms with van der Waals surface area (Å²) in [7, 11) is 0. The third-order valence-electron chi connectivity index (χ3n) is 3.50. The first-order valence-electron chi connectivity index (χ1n) is 6.57. The lowest BCUT2D eigenvalue weighted by Gasteiger charge is -2.10. The molecule has 2 N–H and O–H groups in total. The van der Waals surface area contributed by atoms with E-state index in [-0.39, 0.29) is 0 Å². The average molecular weight is 242 g/mol. The Bertz CT molecular complexity index is 555. The van der Waals surface area contributed by atoms with E-state index in [1.54, 1.807) is 0 Å². The summed E-state index contributed by atoms with van der Waals surface area (Å²) in [5, 5.41) is 8.60. The highest BCUT2D eigenvalue weighted by Gasteiger charge is 2.29. The number of nitrogens with zero attached hydrogens (tertiary/aromatic N) is 3. The van der Waals surface area contributed by atoms with Gasteiger partial charge in [0.15, 0.2) is 5.82 Å². The van der Waals surface area contributed by atoms with Crippen molar-refractivity contribution >= 4 is 0 Å². The maximum Gasteiger partial charge on any atom is 0.164 e. The Hall–Kier alpha value is -1.68. The van der Waals surface area contributed by atoms with Gasteiger partial charge in [-0.1, -0.05) is 31.2 Å². The number of benzene rings is 1. The smallest absolute Gasteiger partial charge is 0.164 e. The van der Waals surface area contributed by atoms with Crippen molar-refractivity contribution in [3.8, 4) is 11.4 Å². The van der Waals surface area contributed by atoms with E-state index < -0.39 is 0 Å². The number of aryl methyl sites for hydroxylation is 1. The summed E-state index contributed by atoms with van der Waals surface area (Å²) in [6.45, 7) is 2.62. The van der Waals surface area contributed by atoms with Gasteiger partial charge in [-0.15, -0.1) is 10.2 Å². The first kappa shape index (κ1) is 11.4. The van der Waals surface area contributed by atoms with Crippen LogP contribution in [0.25, 0.3) is 11.4 Å². The van der Waals surface area contributed by atoms with Crippen molar-refractivity contribution in [2.24, 2.45) is 5.73 Å². The van der Waals surface area contributed by atoms with E-state index in [1.807, 2.05) is 0 Å². The lowest BCUT2D eigenvalue weighted by Crippen LogP contribution is -2.08. The summed E-state index contributed by atoms with van der Waals surface area (Å²) in [5.41, 5.74) is 8.26. The Morgan fingerprint density at radius 2 is 2.06 bits per heavy atom. The normalized spacial score (nSPS) is 15.0. The zero-order valence-corrected chi connectivity index (χ0v) is 10.6. The van der Waals surface area contributed by atoms with Crippen molar-refractivity contribution in [3.63, 3.8) is 0 Å². The average Bonchev–Trinajstić information content (AvgIpc) is 3.17. The van der Waals surface area contributed by atoms with Crippen molar-refractivity contribution in [1.29, 1.82) is 0 Å². The number of rotatable bonds is 4. The van der Waals surface area contributed by atoms with Gasteiger partial charge in [0.2, 0.25) is 0 Å². The lowest BCUT2D eigenvalue weighted by molar-refractivity contribution is 0.687. The van der Waals surface area contributed by atoms with Crippen LogP contribution in [0.1, 0.15) is 37.2 Å². The highest BCUT2D eigenvalue weighted by atomic mass is 15.3. The zero-order valence-electron chi connectivity index (χ0n) is 10.6. The van der Waals surface area contributed by atoms with Crippen LogP contribution in [0.3, 0.4) is 0 Å². The molecule has 0 radical (unpaired) electrons. The summed E-state index contributed by atoms with van der Waals surface area (Å²) >= 11 is 0. The van der Waals surface area contributed by atoms with Crippen molar-refractivity contribution in [3.05, 3.63) is 35.7 Å². The molecule has 1 aromatic carbocycles. The molecule has 1 saturated carbocycles. The van der Waals surface area contributed by atoms with Gasteiger partial charge in [-0.2, -0.15) is 0 Å². The molecule has 1 fully saturated rings. The van der Waals surface area contributed by atoms with Gasteiger partial charge in [-0.25, -0.2) is 0 Å². The standard InChI is InChI=1S/C14H18N4/c1-2-10-5-3-4-6-12(10)14-17-16-13(9-15)18(14)11-7-8-11/h3-6,11H,2,7-9,15H2,1H3. The largest absolute Gasteiger partial charge is 0.324 e. The lowest BCUT2D eigenvalue weighted by atomic mass is 10.0. The van der Waals surface area contributed by atoms with Crippen LogP contribution in [0, 0.1) is 0 Å². The summed E-state index contributed by atoms with van der Waals surface area (Å²) in [6.07, 6.45) is 3.43. The molecule has 2 aromatic rings. The molecule has 4 heteroatoms. The fraction of sp³-hybridized carbons (Fsp3) is 0.429. The van der Waals surface area contributed by atoms with Crippen LogP contribution < -0.4 is 5.73 Å². The minimum atomic E-state index is 0.456. The summed E-state index contributed by atoms with van der Waals surface area (Å²) in [5.74, 6) is 1.88. The molecule has 0 saturated heterocycles. The predicted molar refractivity (Wildman–Crippen MR) is 71.0 cm³/mol. The van der Waals surface area contributed by atoms with E-state index in [0.717, 1.165) is 18.1 Å². The molecule has 1 heterocycles. The molecule has 0 aliphatic heterocycles. The summed E-state index contributed by atoms with van der Waals surface area (Å²) < 4.78 is 2.23. The van der Waals surface area contributed by atoms with Gasteiger partial charge in [-0.3, -0.25) is 0 Å². The molecule has 0 bridgehead atoms. The highest BCUT2D eigenvalue weighted by Crippen LogP contribution is 2.39. The van der Waals surface area contributed by atoms with Gasteiger partial charge < -0.3 is 10.3 Å². The number of nitrogens with two attached hydrogens (primary N) is 1. The quantitative estimate of drug-likeness (QED) is 0.895. The molecule has 94 valence electrons. The van der Waals surface area contributed by atoms with E-state index in [2.05, 4.69) is 46.0 Å². The first-order valence-corrected chi connectivity index (χ1v) is 6.57. The number of hydrogen-bond acceptors (Lipinski definition) is 3. The number of hydrogen-bond donors (Lipinski definition) is 1. The highest BCUT2D eigenvalue weighted by molar-refractivity contribution is 5.61. The van der Waals surface area contributed by atoms with Gasteiger partial charge in [0.25, 0.3) is 0 Å². The Morgan fingerprint density at radius 1 is 1.28 bits per heavy atom. The van der Waals surface area contributed by atoms with Crippen LogP contribution >= 0.6 is 0 Å². The Balaban J connectivity index is 2.13. The van der Waals surface area contributed by atoms with Crippen LogP contribution in [0.5, 0.6) is 0 Å². The Kier molecular flexibility index (Phi) is 2.88. The minimum absolute atomic E-state index is 0.456. The zero-order chi connectivity index (χ0) is 12.5. The molecule has 0 unspecified atom stereocenters. The second kappa shape index (κ2) is 4.53. The fourth-order valence-corrected chi connectivity index (χ4v) is 2.41. The van der Waals surface area contributed by atoms with Crippen molar-refractivity contribution in [1.82, 2.24) is 14.8 Å². The minimum Gasteiger partial charge on any atom is -0.324 e.